The minimum atomic E-state index is -0.179. The van der Waals surface area contributed by atoms with Crippen molar-refractivity contribution in [2.45, 2.75) is 6.61 Å². The van der Waals surface area contributed by atoms with Gasteiger partial charge in [0.05, 0.1) is 17.9 Å². The highest BCUT2D eigenvalue weighted by Crippen LogP contribution is 2.25. The second-order valence-electron chi connectivity index (χ2n) is 7.05. The second-order valence-corrected chi connectivity index (χ2v) is 7.05. The molecule has 8 nitrogen and oxygen atoms in total. The van der Waals surface area contributed by atoms with E-state index in [0.29, 0.717) is 11.4 Å². The van der Waals surface area contributed by atoms with E-state index in [4.69, 9.17) is 4.74 Å². The summed E-state index contributed by atoms with van der Waals surface area (Å²) in [5.41, 5.74) is 3.73. The lowest BCUT2D eigenvalue weighted by Gasteiger charge is -2.09. The van der Waals surface area contributed by atoms with Gasteiger partial charge in [0.15, 0.2) is 0 Å². The summed E-state index contributed by atoms with van der Waals surface area (Å²) in [5.74, 6) is 0.635. The Morgan fingerprint density at radius 1 is 1.03 bits per heavy atom. The lowest BCUT2D eigenvalue weighted by Crippen LogP contribution is -2.17. The molecule has 0 saturated carbocycles. The molecule has 8 heteroatoms. The SMILES string of the molecule is Cn1cc(-n2ccc(=O)c(COc3ccc4ncc(-c5cccnc5)cc4c3)n2)cn1. The number of hydrogen-bond donors (Lipinski definition) is 0. The highest BCUT2D eigenvalue weighted by Gasteiger charge is 2.08. The number of rotatable bonds is 5. The number of pyridine rings is 2. The van der Waals surface area contributed by atoms with Crippen molar-refractivity contribution in [3.8, 4) is 22.6 Å². The molecule has 4 aromatic heterocycles. The Labute approximate surface area is 177 Å². The molecule has 0 unspecified atom stereocenters. The van der Waals surface area contributed by atoms with Crippen LogP contribution in [-0.2, 0) is 13.7 Å². The fourth-order valence-electron chi connectivity index (χ4n) is 3.26. The maximum atomic E-state index is 12.3. The van der Waals surface area contributed by atoms with Crippen LogP contribution in [0.2, 0.25) is 0 Å². The van der Waals surface area contributed by atoms with Crippen molar-refractivity contribution in [3.05, 3.63) is 95.6 Å². The summed E-state index contributed by atoms with van der Waals surface area (Å²) in [4.78, 5) is 20.9. The molecule has 0 amide bonds. The van der Waals surface area contributed by atoms with E-state index >= 15 is 0 Å². The van der Waals surface area contributed by atoms with E-state index in [9.17, 15) is 4.79 Å². The van der Waals surface area contributed by atoms with Crippen LogP contribution in [0.15, 0.2) is 84.4 Å². The van der Waals surface area contributed by atoms with E-state index in [2.05, 4.69) is 20.2 Å². The molecule has 5 rings (SSSR count). The minimum absolute atomic E-state index is 0.0567. The quantitative estimate of drug-likeness (QED) is 0.442. The third kappa shape index (κ3) is 3.91. The van der Waals surface area contributed by atoms with Crippen molar-refractivity contribution in [2.75, 3.05) is 0 Å². The van der Waals surface area contributed by atoms with Gasteiger partial charge in [-0.1, -0.05) is 6.07 Å². The highest BCUT2D eigenvalue weighted by atomic mass is 16.5. The highest BCUT2D eigenvalue weighted by molar-refractivity contribution is 5.84. The van der Waals surface area contributed by atoms with Crippen molar-refractivity contribution < 1.29 is 4.74 Å². The summed E-state index contributed by atoms with van der Waals surface area (Å²) in [6.45, 7) is 0.0567. The Balaban J connectivity index is 1.40. The van der Waals surface area contributed by atoms with E-state index < -0.39 is 0 Å². The summed E-state index contributed by atoms with van der Waals surface area (Å²) < 4.78 is 9.17. The van der Waals surface area contributed by atoms with E-state index in [0.717, 1.165) is 27.7 Å². The zero-order valence-corrected chi connectivity index (χ0v) is 16.7. The first-order valence-electron chi connectivity index (χ1n) is 9.67. The largest absolute Gasteiger partial charge is 0.487 e. The van der Waals surface area contributed by atoms with Crippen LogP contribution in [0.4, 0.5) is 0 Å². The molecule has 31 heavy (non-hydrogen) atoms. The molecule has 0 bridgehead atoms. The predicted molar refractivity (Wildman–Crippen MR) is 116 cm³/mol. The van der Waals surface area contributed by atoms with E-state index in [-0.39, 0.29) is 12.0 Å². The standard InChI is InChI=1S/C23H18N6O2/c1-28-14-19(13-26-28)29-8-6-23(30)22(27-29)15-31-20-4-5-21-17(10-20)9-18(12-25-21)16-3-2-7-24-11-16/h2-14H,15H2,1H3. The number of aromatic nitrogens is 6. The molecule has 1 aromatic carbocycles. The third-order valence-electron chi connectivity index (χ3n) is 4.86. The average molecular weight is 410 g/mol. The van der Waals surface area contributed by atoms with Gasteiger partial charge >= 0.3 is 0 Å². The van der Waals surface area contributed by atoms with Crippen LogP contribution in [0.1, 0.15) is 5.69 Å². The van der Waals surface area contributed by atoms with Crippen molar-refractivity contribution in [3.63, 3.8) is 0 Å². The molecule has 0 aliphatic heterocycles. The summed E-state index contributed by atoms with van der Waals surface area (Å²) in [6, 6.07) is 13.0. The lowest BCUT2D eigenvalue weighted by molar-refractivity contribution is 0.298. The molecule has 0 aliphatic rings. The molecular weight excluding hydrogens is 392 g/mol. The Bertz CT molecular complexity index is 1430. The summed E-state index contributed by atoms with van der Waals surface area (Å²) >= 11 is 0. The Morgan fingerprint density at radius 3 is 2.77 bits per heavy atom. The van der Waals surface area contributed by atoms with Gasteiger partial charge in [-0.15, -0.1) is 0 Å². The number of fused-ring (bicyclic) bond motifs is 1. The predicted octanol–water partition coefficient (Wildman–Crippen LogP) is 3.16. The number of benzene rings is 1. The van der Waals surface area contributed by atoms with Crippen LogP contribution in [0, 0.1) is 0 Å². The fraction of sp³-hybridized carbons (Fsp3) is 0.0870. The molecule has 0 atom stereocenters. The lowest BCUT2D eigenvalue weighted by atomic mass is 10.1. The third-order valence-corrected chi connectivity index (χ3v) is 4.86. The molecule has 0 spiro atoms. The van der Waals surface area contributed by atoms with Gasteiger partial charge in [-0.3, -0.25) is 19.4 Å². The van der Waals surface area contributed by atoms with Crippen LogP contribution in [0.3, 0.4) is 0 Å². The monoisotopic (exact) mass is 410 g/mol. The van der Waals surface area contributed by atoms with Gasteiger partial charge in [-0.05, 0) is 30.3 Å². The molecular formula is C23H18N6O2. The van der Waals surface area contributed by atoms with E-state index in [1.807, 2.05) is 55.8 Å². The van der Waals surface area contributed by atoms with Crippen LogP contribution in [0.5, 0.6) is 5.75 Å². The van der Waals surface area contributed by atoms with Crippen molar-refractivity contribution in [1.29, 1.82) is 0 Å². The second kappa shape index (κ2) is 7.83. The zero-order chi connectivity index (χ0) is 21.2. The van der Waals surface area contributed by atoms with Gasteiger partial charge in [-0.25, -0.2) is 4.68 Å². The molecule has 152 valence electrons. The number of nitrogens with zero attached hydrogens (tertiary/aromatic N) is 6. The Kier molecular flexibility index (Phi) is 4.72. The van der Waals surface area contributed by atoms with Gasteiger partial charge < -0.3 is 4.74 Å². The van der Waals surface area contributed by atoms with Crippen molar-refractivity contribution in [1.82, 2.24) is 29.5 Å². The smallest absolute Gasteiger partial charge is 0.206 e. The van der Waals surface area contributed by atoms with Crippen LogP contribution >= 0.6 is 0 Å². The zero-order valence-electron chi connectivity index (χ0n) is 16.7. The summed E-state index contributed by atoms with van der Waals surface area (Å²) in [5, 5.41) is 9.46. The molecule has 0 saturated heterocycles. The molecule has 0 radical (unpaired) electrons. The molecule has 0 aliphatic carbocycles. The minimum Gasteiger partial charge on any atom is -0.487 e. The maximum absolute atomic E-state index is 12.3. The van der Waals surface area contributed by atoms with Gasteiger partial charge in [0.25, 0.3) is 0 Å². The summed E-state index contributed by atoms with van der Waals surface area (Å²) in [7, 11) is 1.82. The normalized spacial score (nSPS) is 11.0. The first-order valence-corrected chi connectivity index (χ1v) is 9.67. The number of hydrogen-bond acceptors (Lipinski definition) is 6. The molecule has 0 N–H and O–H groups in total. The van der Waals surface area contributed by atoms with Gasteiger partial charge in [0, 0.05) is 54.4 Å². The van der Waals surface area contributed by atoms with Crippen LogP contribution in [-0.4, -0.2) is 29.5 Å². The topological polar surface area (TPSA) is 87.7 Å². The van der Waals surface area contributed by atoms with Crippen molar-refractivity contribution in [2.24, 2.45) is 7.05 Å². The summed E-state index contributed by atoms with van der Waals surface area (Å²) in [6.07, 6.45) is 10.5. The van der Waals surface area contributed by atoms with Crippen molar-refractivity contribution >= 4 is 10.9 Å². The Hall–Kier alpha value is -4.33. The number of ether oxygens (including phenoxy) is 1. The van der Waals surface area contributed by atoms with E-state index in [1.165, 1.54) is 6.07 Å². The van der Waals surface area contributed by atoms with Gasteiger partial charge in [0.2, 0.25) is 5.43 Å². The van der Waals surface area contributed by atoms with Gasteiger partial charge in [0.1, 0.15) is 23.7 Å². The molecule has 0 fully saturated rings. The Morgan fingerprint density at radius 2 is 1.97 bits per heavy atom. The molecule has 4 heterocycles. The van der Waals surface area contributed by atoms with Crippen LogP contribution < -0.4 is 10.2 Å². The fourth-order valence-corrected chi connectivity index (χ4v) is 3.26. The van der Waals surface area contributed by atoms with E-state index in [1.54, 1.807) is 34.2 Å². The average Bonchev–Trinajstić information content (AvgIpc) is 3.25. The van der Waals surface area contributed by atoms with Crippen LogP contribution in [0.25, 0.3) is 27.7 Å². The maximum Gasteiger partial charge on any atom is 0.206 e. The van der Waals surface area contributed by atoms with Gasteiger partial charge in [-0.2, -0.15) is 10.2 Å². The first kappa shape index (κ1) is 18.7. The molecule has 5 aromatic rings. The first-order chi connectivity index (χ1) is 15.2. The number of aryl methyl sites for hydroxylation is 1.